The molecule has 0 saturated carbocycles. The van der Waals surface area contributed by atoms with Gasteiger partial charge in [0.2, 0.25) is 0 Å². The van der Waals surface area contributed by atoms with E-state index >= 15 is 0 Å². The number of nitrogens with one attached hydrogen (secondary N) is 1. The maximum Gasteiger partial charge on any atom is 0.193 e. The summed E-state index contributed by atoms with van der Waals surface area (Å²) in [7, 11) is 1.88. The number of likely N-dealkylation sites (tertiary alicyclic amines) is 1. The van der Waals surface area contributed by atoms with Gasteiger partial charge in [-0.25, -0.2) is 0 Å². The fourth-order valence-corrected chi connectivity index (χ4v) is 3.56. The largest absolute Gasteiger partial charge is 0.381 e. The molecule has 122 valence electrons. The van der Waals surface area contributed by atoms with Crippen molar-refractivity contribution >= 4 is 29.9 Å². The Morgan fingerprint density at radius 2 is 1.95 bits per heavy atom. The van der Waals surface area contributed by atoms with Gasteiger partial charge >= 0.3 is 0 Å². The molecule has 0 aromatic heterocycles. The molecule has 3 aliphatic heterocycles. The fourth-order valence-electron chi connectivity index (χ4n) is 3.56. The third-order valence-corrected chi connectivity index (χ3v) is 5.11. The lowest BCUT2D eigenvalue weighted by molar-refractivity contribution is 0.156. The van der Waals surface area contributed by atoms with E-state index < -0.39 is 0 Å². The number of rotatable bonds is 2. The van der Waals surface area contributed by atoms with E-state index in [2.05, 4.69) is 22.1 Å². The molecule has 1 spiro atoms. The van der Waals surface area contributed by atoms with Crippen LogP contribution in [-0.4, -0.2) is 64.0 Å². The Hall–Kier alpha value is -0.0800. The van der Waals surface area contributed by atoms with Gasteiger partial charge in [-0.15, -0.1) is 24.0 Å². The minimum atomic E-state index is 0. The molecule has 0 aliphatic carbocycles. The highest BCUT2D eigenvalue weighted by Crippen LogP contribution is 2.38. The quantitative estimate of drug-likeness (QED) is 0.429. The molecule has 3 heterocycles. The molecule has 2 unspecified atom stereocenters. The molecular weight excluding hydrogens is 381 g/mol. The molecule has 0 radical (unpaired) electrons. The first kappa shape index (κ1) is 17.3. The van der Waals surface area contributed by atoms with Crippen molar-refractivity contribution in [3.05, 3.63) is 0 Å². The van der Waals surface area contributed by atoms with E-state index in [9.17, 15) is 0 Å². The molecule has 2 atom stereocenters. The topological polar surface area (TPSA) is 46.1 Å². The predicted octanol–water partition coefficient (Wildman–Crippen LogP) is 1.72. The Kier molecular flexibility index (Phi) is 5.76. The number of nitrogens with zero attached hydrogens (tertiary/aromatic N) is 2. The van der Waals surface area contributed by atoms with E-state index in [4.69, 9.17) is 9.47 Å². The van der Waals surface area contributed by atoms with Crippen LogP contribution in [-0.2, 0) is 9.47 Å². The van der Waals surface area contributed by atoms with Crippen molar-refractivity contribution in [2.75, 3.05) is 53.1 Å². The van der Waals surface area contributed by atoms with Gasteiger partial charge in [-0.1, -0.05) is 6.92 Å². The number of ether oxygens (including phenoxy) is 2. The zero-order valence-corrected chi connectivity index (χ0v) is 15.5. The summed E-state index contributed by atoms with van der Waals surface area (Å²) in [5, 5.41) is 3.56. The van der Waals surface area contributed by atoms with Gasteiger partial charge in [0.05, 0.1) is 13.2 Å². The molecule has 3 saturated heterocycles. The van der Waals surface area contributed by atoms with E-state index in [0.717, 1.165) is 58.4 Å². The maximum absolute atomic E-state index is 5.60. The Labute approximate surface area is 144 Å². The summed E-state index contributed by atoms with van der Waals surface area (Å²) in [6.07, 6.45) is 3.56. The highest BCUT2D eigenvalue weighted by Gasteiger charge is 2.42. The van der Waals surface area contributed by atoms with Crippen LogP contribution in [0.5, 0.6) is 0 Å². The van der Waals surface area contributed by atoms with Crippen LogP contribution in [0, 0.1) is 10.8 Å². The summed E-state index contributed by atoms with van der Waals surface area (Å²) >= 11 is 0. The number of aliphatic imine (C=N–C) groups is 1. The van der Waals surface area contributed by atoms with Crippen LogP contribution in [0.1, 0.15) is 26.2 Å². The zero-order chi connectivity index (χ0) is 14.1. The molecule has 1 N–H and O–H groups in total. The molecule has 5 nitrogen and oxygen atoms in total. The minimum absolute atomic E-state index is 0. The average molecular weight is 409 g/mol. The lowest BCUT2D eigenvalue weighted by atomic mass is 9.87. The molecule has 21 heavy (non-hydrogen) atoms. The number of hydrogen-bond acceptors (Lipinski definition) is 3. The van der Waals surface area contributed by atoms with Crippen molar-refractivity contribution in [1.29, 1.82) is 0 Å². The van der Waals surface area contributed by atoms with Crippen LogP contribution in [0.4, 0.5) is 0 Å². The highest BCUT2D eigenvalue weighted by atomic mass is 127. The van der Waals surface area contributed by atoms with Gasteiger partial charge in [-0.3, -0.25) is 4.99 Å². The Balaban J connectivity index is 0.00000161. The van der Waals surface area contributed by atoms with E-state index in [1.54, 1.807) is 0 Å². The number of halogens is 1. The summed E-state index contributed by atoms with van der Waals surface area (Å²) in [6, 6.07) is 0. The molecule has 3 rings (SSSR count). The summed E-state index contributed by atoms with van der Waals surface area (Å²) < 4.78 is 11.1. The van der Waals surface area contributed by atoms with Crippen molar-refractivity contribution in [2.24, 2.45) is 15.8 Å². The van der Waals surface area contributed by atoms with Gasteiger partial charge in [0.15, 0.2) is 5.96 Å². The highest BCUT2D eigenvalue weighted by molar-refractivity contribution is 14.0. The van der Waals surface area contributed by atoms with Crippen LogP contribution in [0.15, 0.2) is 4.99 Å². The Morgan fingerprint density at radius 1 is 1.19 bits per heavy atom. The van der Waals surface area contributed by atoms with Crippen molar-refractivity contribution in [1.82, 2.24) is 10.2 Å². The second-order valence-corrected chi connectivity index (χ2v) is 6.99. The van der Waals surface area contributed by atoms with E-state index in [-0.39, 0.29) is 29.4 Å². The Morgan fingerprint density at radius 3 is 2.57 bits per heavy atom. The number of hydrogen-bond donors (Lipinski definition) is 1. The molecule has 3 aliphatic rings. The minimum Gasteiger partial charge on any atom is -0.381 e. The second kappa shape index (κ2) is 7.00. The first-order valence-corrected chi connectivity index (χ1v) is 7.76. The van der Waals surface area contributed by atoms with E-state index in [1.165, 1.54) is 12.8 Å². The van der Waals surface area contributed by atoms with E-state index in [0.29, 0.717) is 5.41 Å². The summed E-state index contributed by atoms with van der Waals surface area (Å²) in [4.78, 5) is 6.86. The van der Waals surface area contributed by atoms with Crippen LogP contribution >= 0.6 is 24.0 Å². The smallest absolute Gasteiger partial charge is 0.193 e. The molecule has 0 aromatic rings. The van der Waals surface area contributed by atoms with Gasteiger partial charge in [-0.05, 0) is 19.3 Å². The molecular formula is C15H28IN3O2. The standard InChI is InChI=1S/C15H27N3O2.HI/c1-14(4-7-19-11-14)9-17-13(16-2)18-6-3-15(10-18)5-8-20-12-15;/h3-12H2,1-2H3,(H,16,17);1H. The zero-order valence-electron chi connectivity index (χ0n) is 13.2. The van der Waals surface area contributed by atoms with Gasteiger partial charge in [0.25, 0.3) is 0 Å². The first-order chi connectivity index (χ1) is 9.65. The molecule has 6 heteroatoms. The van der Waals surface area contributed by atoms with Gasteiger partial charge < -0.3 is 19.7 Å². The first-order valence-electron chi connectivity index (χ1n) is 7.76. The van der Waals surface area contributed by atoms with Crippen molar-refractivity contribution in [3.63, 3.8) is 0 Å². The number of guanidine groups is 1. The van der Waals surface area contributed by atoms with Crippen LogP contribution in [0.3, 0.4) is 0 Å². The second-order valence-electron chi connectivity index (χ2n) is 6.99. The monoisotopic (exact) mass is 409 g/mol. The third kappa shape index (κ3) is 3.82. The van der Waals surface area contributed by atoms with Crippen molar-refractivity contribution in [2.45, 2.75) is 26.2 Å². The summed E-state index contributed by atoms with van der Waals surface area (Å²) in [5.41, 5.74) is 0.641. The average Bonchev–Trinajstić information content (AvgIpc) is 3.16. The van der Waals surface area contributed by atoms with Crippen LogP contribution < -0.4 is 5.32 Å². The molecule has 0 amide bonds. The van der Waals surface area contributed by atoms with Crippen LogP contribution in [0.2, 0.25) is 0 Å². The molecule has 3 fully saturated rings. The SMILES string of the molecule is CN=C(NCC1(C)CCOC1)N1CCC2(CCOC2)C1.I. The fraction of sp³-hybridized carbons (Fsp3) is 0.933. The van der Waals surface area contributed by atoms with Crippen molar-refractivity contribution in [3.8, 4) is 0 Å². The summed E-state index contributed by atoms with van der Waals surface area (Å²) in [5.74, 6) is 1.04. The maximum atomic E-state index is 5.60. The van der Waals surface area contributed by atoms with Gasteiger partial charge in [0.1, 0.15) is 0 Å². The molecule has 0 bridgehead atoms. The Bertz CT molecular complexity index is 377. The predicted molar refractivity (Wildman–Crippen MR) is 94.4 cm³/mol. The van der Waals surface area contributed by atoms with Gasteiger partial charge in [-0.2, -0.15) is 0 Å². The van der Waals surface area contributed by atoms with Crippen molar-refractivity contribution < 1.29 is 9.47 Å². The lowest BCUT2D eigenvalue weighted by Gasteiger charge is -2.28. The van der Waals surface area contributed by atoms with Crippen LogP contribution in [0.25, 0.3) is 0 Å². The lowest BCUT2D eigenvalue weighted by Crippen LogP contribution is -2.45. The van der Waals surface area contributed by atoms with Gasteiger partial charge in [0, 0.05) is 50.7 Å². The molecule has 0 aromatic carbocycles. The normalized spacial score (nSPS) is 36.3. The summed E-state index contributed by atoms with van der Waals surface area (Å²) in [6.45, 7) is 9.00. The van der Waals surface area contributed by atoms with E-state index in [1.807, 2.05) is 7.05 Å². The third-order valence-electron chi connectivity index (χ3n) is 5.11.